The van der Waals surface area contributed by atoms with E-state index in [9.17, 15) is 18.0 Å². The zero-order valence-electron chi connectivity index (χ0n) is 9.73. The number of pyridine rings is 1. The van der Waals surface area contributed by atoms with E-state index in [4.69, 9.17) is 5.11 Å². The van der Waals surface area contributed by atoms with Crippen molar-refractivity contribution in [2.75, 3.05) is 0 Å². The molecule has 1 N–H and O–H groups in total. The van der Waals surface area contributed by atoms with Gasteiger partial charge in [-0.15, -0.1) is 0 Å². The number of thioether (sulfide) groups is 1. The molecule has 1 heterocycles. The minimum Gasteiger partial charge on any atom is -0.480 e. The van der Waals surface area contributed by atoms with Gasteiger partial charge in [-0.3, -0.25) is 4.79 Å². The first-order chi connectivity index (χ1) is 8.23. The molecule has 0 aliphatic heterocycles. The lowest BCUT2D eigenvalue weighted by Crippen LogP contribution is -2.23. The number of hydrogen-bond acceptors (Lipinski definition) is 3. The van der Waals surface area contributed by atoms with Crippen molar-refractivity contribution in [1.29, 1.82) is 0 Å². The van der Waals surface area contributed by atoms with Crippen molar-refractivity contribution in [2.45, 2.75) is 30.3 Å². The van der Waals surface area contributed by atoms with Gasteiger partial charge in [-0.1, -0.05) is 25.6 Å². The third-order valence-electron chi connectivity index (χ3n) is 2.16. The molecule has 0 saturated carbocycles. The molecule has 0 aliphatic carbocycles. The minimum atomic E-state index is -4.53. The highest BCUT2D eigenvalue weighted by molar-refractivity contribution is 8.00. The third kappa shape index (κ3) is 3.63. The van der Waals surface area contributed by atoms with Crippen molar-refractivity contribution < 1.29 is 23.1 Å². The van der Waals surface area contributed by atoms with Crippen LogP contribution in [0, 0.1) is 5.92 Å². The predicted molar refractivity (Wildman–Crippen MR) is 61.4 cm³/mol. The van der Waals surface area contributed by atoms with Crippen molar-refractivity contribution in [3.63, 3.8) is 0 Å². The highest BCUT2D eigenvalue weighted by Crippen LogP contribution is 2.38. The molecule has 0 saturated heterocycles. The van der Waals surface area contributed by atoms with Crippen molar-refractivity contribution >= 4 is 17.7 Å². The average molecular weight is 279 g/mol. The van der Waals surface area contributed by atoms with E-state index in [0.29, 0.717) is 11.8 Å². The predicted octanol–water partition coefficient (Wildman–Crippen LogP) is 3.30. The number of aromatic nitrogens is 1. The molecule has 1 rings (SSSR count). The van der Waals surface area contributed by atoms with E-state index in [1.165, 1.54) is 12.3 Å². The maximum Gasteiger partial charge on any atom is 0.419 e. The van der Waals surface area contributed by atoms with Crippen LogP contribution >= 0.6 is 11.8 Å². The summed E-state index contributed by atoms with van der Waals surface area (Å²) in [6.45, 7) is 3.28. The number of halogens is 3. The van der Waals surface area contributed by atoms with Crippen LogP contribution in [0.4, 0.5) is 13.2 Å². The zero-order chi connectivity index (χ0) is 13.9. The molecule has 18 heavy (non-hydrogen) atoms. The van der Waals surface area contributed by atoms with Crippen LogP contribution in [-0.4, -0.2) is 21.3 Å². The van der Waals surface area contributed by atoms with Gasteiger partial charge >= 0.3 is 12.1 Å². The van der Waals surface area contributed by atoms with Crippen LogP contribution in [0.15, 0.2) is 23.4 Å². The molecular weight excluding hydrogens is 267 g/mol. The van der Waals surface area contributed by atoms with Crippen LogP contribution in [0.1, 0.15) is 19.4 Å². The molecule has 0 bridgehead atoms. The van der Waals surface area contributed by atoms with E-state index in [1.807, 2.05) is 0 Å². The van der Waals surface area contributed by atoms with Crippen LogP contribution in [-0.2, 0) is 11.0 Å². The summed E-state index contributed by atoms with van der Waals surface area (Å²) in [4.78, 5) is 14.6. The number of carboxylic acid groups (broad SMARTS) is 1. The first-order valence-corrected chi connectivity index (χ1v) is 6.03. The zero-order valence-corrected chi connectivity index (χ0v) is 10.5. The third-order valence-corrected chi connectivity index (χ3v) is 3.71. The Morgan fingerprint density at radius 1 is 1.44 bits per heavy atom. The second-order valence-corrected chi connectivity index (χ2v) is 5.10. The molecule has 0 fully saturated rings. The maximum atomic E-state index is 12.7. The molecule has 1 aromatic heterocycles. The molecule has 0 amide bonds. The van der Waals surface area contributed by atoms with Crippen molar-refractivity contribution in [1.82, 2.24) is 4.98 Å². The minimum absolute atomic E-state index is 0.296. The Balaban J connectivity index is 3.07. The highest BCUT2D eigenvalue weighted by atomic mass is 32.2. The summed E-state index contributed by atoms with van der Waals surface area (Å²) in [5.41, 5.74) is -0.901. The number of aliphatic carboxylic acids is 1. The van der Waals surface area contributed by atoms with Gasteiger partial charge in [-0.05, 0) is 18.1 Å². The smallest absolute Gasteiger partial charge is 0.419 e. The molecule has 0 aromatic carbocycles. The largest absolute Gasteiger partial charge is 0.480 e. The number of nitrogens with zero attached hydrogens (tertiary/aromatic N) is 1. The molecule has 1 atom stereocenters. The van der Waals surface area contributed by atoms with Gasteiger partial charge in [0.15, 0.2) is 0 Å². The molecule has 0 spiro atoms. The first kappa shape index (κ1) is 14.8. The molecule has 100 valence electrons. The first-order valence-electron chi connectivity index (χ1n) is 5.15. The highest BCUT2D eigenvalue weighted by Gasteiger charge is 2.36. The Labute approximate surface area is 106 Å². The van der Waals surface area contributed by atoms with E-state index in [2.05, 4.69) is 4.98 Å². The Bertz CT molecular complexity index is 435. The van der Waals surface area contributed by atoms with Crippen LogP contribution in [0.25, 0.3) is 0 Å². The van der Waals surface area contributed by atoms with Gasteiger partial charge in [0.05, 0.1) is 5.56 Å². The van der Waals surface area contributed by atoms with E-state index < -0.39 is 23.0 Å². The maximum absolute atomic E-state index is 12.7. The van der Waals surface area contributed by atoms with Crippen LogP contribution in [0.2, 0.25) is 0 Å². The Morgan fingerprint density at radius 2 is 2.06 bits per heavy atom. The number of carboxylic acids is 1. The van der Waals surface area contributed by atoms with Crippen LogP contribution in [0.3, 0.4) is 0 Å². The van der Waals surface area contributed by atoms with E-state index in [0.717, 1.165) is 6.07 Å². The molecule has 0 radical (unpaired) electrons. The Hall–Kier alpha value is -1.24. The van der Waals surface area contributed by atoms with Crippen LogP contribution < -0.4 is 0 Å². The number of rotatable bonds is 4. The molecule has 0 aliphatic rings. The monoisotopic (exact) mass is 279 g/mol. The van der Waals surface area contributed by atoms with Gasteiger partial charge < -0.3 is 5.11 Å². The summed E-state index contributed by atoms with van der Waals surface area (Å²) in [6.07, 6.45) is -3.31. The lowest BCUT2D eigenvalue weighted by molar-refractivity contribution is -0.140. The average Bonchev–Trinajstić information content (AvgIpc) is 2.24. The fourth-order valence-corrected chi connectivity index (χ4v) is 2.34. The normalized spacial score (nSPS) is 13.7. The van der Waals surface area contributed by atoms with Gasteiger partial charge in [-0.2, -0.15) is 13.2 Å². The van der Waals surface area contributed by atoms with Gasteiger partial charge in [-0.25, -0.2) is 4.98 Å². The second-order valence-electron chi connectivity index (χ2n) is 3.97. The summed E-state index contributed by atoms with van der Waals surface area (Å²) >= 11 is 0.628. The number of hydrogen-bond donors (Lipinski definition) is 1. The van der Waals surface area contributed by atoms with Crippen molar-refractivity contribution in [3.05, 3.63) is 23.9 Å². The second kappa shape index (κ2) is 5.60. The van der Waals surface area contributed by atoms with Crippen LogP contribution in [0.5, 0.6) is 0 Å². The van der Waals surface area contributed by atoms with Gasteiger partial charge in [0.25, 0.3) is 0 Å². The summed E-state index contributed by atoms with van der Waals surface area (Å²) in [6, 6.07) is 2.08. The van der Waals surface area contributed by atoms with Gasteiger partial charge in [0, 0.05) is 6.20 Å². The fourth-order valence-electron chi connectivity index (χ4n) is 1.29. The van der Waals surface area contributed by atoms with E-state index >= 15 is 0 Å². The van der Waals surface area contributed by atoms with E-state index in [-0.39, 0.29) is 10.9 Å². The number of carbonyl (C=O) groups is 1. The quantitative estimate of drug-likeness (QED) is 0.859. The summed E-state index contributed by atoms with van der Waals surface area (Å²) < 4.78 is 38.1. The topological polar surface area (TPSA) is 50.2 Å². The Morgan fingerprint density at radius 3 is 2.50 bits per heavy atom. The van der Waals surface area contributed by atoms with Crippen molar-refractivity contribution in [3.8, 4) is 0 Å². The SMILES string of the molecule is CC(C)C(Sc1ncccc1C(F)(F)F)C(=O)O. The number of alkyl halides is 3. The Kier molecular flexibility index (Phi) is 4.61. The standard InChI is InChI=1S/C11H12F3NO2S/c1-6(2)8(10(16)17)18-9-7(11(12,13)14)4-3-5-15-9/h3-6,8H,1-2H3,(H,16,17). The van der Waals surface area contributed by atoms with Crippen molar-refractivity contribution in [2.24, 2.45) is 5.92 Å². The molecule has 1 aromatic rings. The summed E-state index contributed by atoms with van der Waals surface area (Å²) in [5, 5.41) is 7.71. The van der Waals surface area contributed by atoms with E-state index in [1.54, 1.807) is 13.8 Å². The van der Waals surface area contributed by atoms with Gasteiger partial charge in [0.2, 0.25) is 0 Å². The molecule has 1 unspecified atom stereocenters. The molecule has 7 heteroatoms. The summed E-state index contributed by atoms with van der Waals surface area (Å²) in [5.74, 6) is -1.44. The van der Waals surface area contributed by atoms with Gasteiger partial charge in [0.1, 0.15) is 10.3 Å². The lowest BCUT2D eigenvalue weighted by Gasteiger charge is -2.17. The lowest BCUT2D eigenvalue weighted by atomic mass is 10.1. The summed E-state index contributed by atoms with van der Waals surface area (Å²) in [7, 11) is 0. The molecule has 3 nitrogen and oxygen atoms in total. The molecular formula is C11H12F3NO2S. The fraction of sp³-hybridized carbons (Fsp3) is 0.455.